The Balaban J connectivity index is 1.45. The van der Waals surface area contributed by atoms with Gasteiger partial charge in [0.25, 0.3) is 0 Å². The van der Waals surface area contributed by atoms with E-state index < -0.39 is 0 Å². The van der Waals surface area contributed by atoms with E-state index in [1.165, 1.54) is 30.6 Å². The van der Waals surface area contributed by atoms with E-state index in [9.17, 15) is 4.79 Å². The average molecular weight is 293 g/mol. The molecule has 2 aliphatic rings. The van der Waals surface area contributed by atoms with Crippen LogP contribution in [0, 0.1) is 5.92 Å². The fraction of sp³-hybridized carbons (Fsp3) is 0.667. The Morgan fingerprint density at radius 2 is 2.15 bits per heavy atom. The summed E-state index contributed by atoms with van der Waals surface area (Å²) in [6, 6.07) is 3.52. The SMILES string of the molecule is CN1C2CCC1CC(CNCc1cc(C(N)=O)cs1)C2. The number of nitrogens with one attached hydrogen (secondary N) is 1. The van der Waals surface area contributed by atoms with Gasteiger partial charge in [-0.05, 0) is 51.3 Å². The number of nitrogens with two attached hydrogens (primary N) is 1. The first-order valence-corrected chi connectivity index (χ1v) is 8.31. The molecule has 0 aliphatic carbocycles. The number of carbonyl (C=O) groups is 1. The first-order valence-electron chi connectivity index (χ1n) is 7.43. The molecule has 1 amide bonds. The highest BCUT2D eigenvalue weighted by Gasteiger charge is 2.37. The predicted octanol–water partition coefficient (Wildman–Crippen LogP) is 1.81. The molecule has 3 heterocycles. The van der Waals surface area contributed by atoms with Gasteiger partial charge in [-0.2, -0.15) is 0 Å². The van der Waals surface area contributed by atoms with E-state index in [-0.39, 0.29) is 5.91 Å². The van der Waals surface area contributed by atoms with Crippen molar-refractivity contribution in [2.24, 2.45) is 11.7 Å². The minimum absolute atomic E-state index is 0.334. The molecule has 110 valence electrons. The number of thiophene rings is 1. The van der Waals surface area contributed by atoms with Crippen LogP contribution in [0.4, 0.5) is 0 Å². The number of rotatable bonds is 5. The number of fused-ring (bicyclic) bond motifs is 2. The minimum atomic E-state index is -0.334. The van der Waals surface area contributed by atoms with Crippen molar-refractivity contribution in [2.45, 2.75) is 44.3 Å². The lowest BCUT2D eigenvalue weighted by Crippen LogP contribution is -2.42. The Morgan fingerprint density at radius 3 is 2.75 bits per heavy atom. The van der Waals surface area contributed by atoms with Gasteiger partial charge in [0, 0.05) is 28.9 Å². The molecule has 2 bridgehead atoms. The van der Waals surface area contributed by atoms with Crippen LogP contribution in [0.2, 0.25) is 0 Å². The Hall–Kier alpha value is -0.910. The minimum Gasteiger partial charge on any atom is -0.366 e. The second-order valence-electron chi connectivity index (χ2n) is 6.18. The normalized spacial score (nSPS) is 29.8. The third-order valence-corrected chi connectivity index (χ3v) is 5.80. The molecule has 0 saturated carbocycles. The van der Waals surface area contributed by atoms with Crippen LogP contribution in [-0.2, 0) is 6.54 Å². The molecule has 0 aromatic carbocycles. The first kappa shape index (κ1) is 14.0. The van der Waals surface area contributed by atoms with Crippen molar-refractivity contribution < 1.29 is 4.79 Å². The maximum atomic E-state index is 11.0. The molecule has 0 spiro atoms. The molecule has 4 nitrogen and oxygen atoms in total. The monoisotopic (exact) mass is 293 g/mol. The molecule has 2 unspecified atom stereocenters. The first-order chi connectivity index (χ1) is 9.63. The van der Waals surface area contributed by atoms with Gasteiger partial charge in [0.15, 0.2) is 0 Å². The lowest BCUT2D eigenvalue weighted by molar-refractivity contribution is 0.100. The van der Waals surface area contributed by atoms with Crippen molar-refractivity contribution in [1.29, 1.82) is 0 Å². The number of amides is 1. The molecular formula is C15H23N3OS. The summed E-state index contributed by atoms with van der Waals surface area (Å²) in [5, 5.41) is 5.39. The third-order valence-electron chi connectivity index (χ3n) is 4.87. The van der Waals surface area contributed by atoms with Crippen molar-refractivity contribution in [3.63, 3.8) is 0 Å². The van der Waals surface area contributed by atoms with E-state index in [4.69, 9.17) is 5.73 Å². The van der Waals surface area contributed by atoms with Crippen LogP contribution in [0.5, 0.6) is 0 Å². The van der Waals surface area contributed by atoms with Gasteiger partial charge >= 0.3 is 0 Å². The maximum Gasteiger partial charge on any atom is 0.249 e. The summed E-state index contributed by atoms with van der Waals surface area (Å²) >= 11 is 1.61. The number of carbonyl (C=O) groups excluding carboxylic acids is 1. The highest BCUT2D eigenvalue weighted by atomic mass is 32.1. The Labute approximate surface area is 124 Å². The summed E-state index contributed by atoms with van der Waals surface area (Å²) < 4.78 is 0. The van der Waals surface area contributed by atoms with Crippen molar-refractivity contribution >= 4 is 17.2 Å². The topological polar surface area (TPSA) is 58.4 Å². The van der Waals surface area contributed by atoms with Crippen LogP contribution in [0.1, 0.15) is 40.9 Å². The van der Waals surface area contributed by atoms with Crippen LogP contribution in [0.15, 0.2) is 11.4 Å². The molecule has 2 atom stereocenters. The van der Waals surface area contributed by atoms with Crippen LogP contribution in [-0.4, -0.2) is 36.5 Å². The lowest BCUT2D eigenvalue weighted by atomic mass is 9.91. The highest BCUT2D eigenvalue weighted by Crippen LogP contribution is 2.37. The fourth-order valence-corrected chi connectivity index (χ4v) is 4.54. The number of hydrogen-bond donors (Lipinski definition) is 2. The summed E-state index contributed by atoms with van der Waals surface area (Å²) in [6.07, 6.45) is 5.42. The summed E-state index contributed by atoms with van der Waals surface area (Å²) in [5.74, 6) is 0.471. The van der Waals surface area contributed by atoms with Crippen molar-refractivity contribution in [1.82, 2.24) is 10.2 Å². The van der Waals surface area contributed by atoms with Crippen LogP contribution in [0.3, 0.4) is 0 Å². The molecule has 2 saturated heterocycles. The van der Waals surface area contributed by atoms with E-state index in [0.717, 1.165) is 31.1 Å². The van der Waals surface area contributed by atoms with Gasteiger partial charge in [0.05, 0.1) is 5.56 Å². The molecule has 0 radical (unpaired) electrons. The van der Waals surface area contributed by atoms with Gasteiger partial charge in [0.1, 0.15) is 0 Å². The molecule has 2 aliphatic heterocycles. The van der Waals surface area contributed by atoms with Gasteiger partial charge in [-0.3, -0.25) is 4.79 Å². The molecular weight excluding hydrogens is 270 g/mol. The summed E-state index contributed by atoms with van der Waals surface area (Å²) in [5.41, 5.74) is 5.89. The zero-order chi connectivity index (χ0) is 14.1. The average Bonchev–Trinajstić information content (AvgIpc) is 2.93. The Kier molecular flexibility index (Phi) is 4.10. The molecule has 2 fully saturated rings. The third kappa shape index (κ3) is 2.90. The van der Waals surface area contributed by atoms with E-state index in [1.807, 2.05) is 11.4 Å². The van der Waals surface area contributed by atoms with Crippen molar-refractivity contribution in [3.05, 3.63) is 21.9 Å². The van der Waals surface area contributed by atoms with Gasteiger partial charge in [-0.15, -0.1) is 11.3 Å². The molecule has 3 rings (SSSR count). The molecule has 20 heavy (non-hydrogen) atoms. The van der Waals surface area contributed by atoms with Crippen LogP contribution < -0.4 is 11.1 Å². The van der Waals surface area contributed by atoms with Crippen molar-refractivity contribution in [3.8, 4) is 0 Å². The molecule has 1 aromatic rings. The Bertz CT molecular complexity index is 473. The fourth-order valence-electron chi connectivity index (χ4n) is 3.69. The molecule has 3 N–H and O–H groups in total. The summed E-state index contributed by atoms with van der Waals surface area (Å²) in [7, 11) is 2.28. The van der Waals surface area contributed by atoms with Gasteiger partial charge in [-0.25, -0.2) is 0 Å². The van der Waals surface area contributed by atoms with E-state index in [1.54, 1.807) is 11.3 Å². The summed E-state index contributed by atoms with van der Waals surface area (Å²) in [6.45, 7) is 1.93. The predicted molar refractivity (Wildman–Crippen MR) is 81.8 cm³/mol. The van der Waals surface area contributed by atoms with E-state index >= 15 is 0 Å². The van der Waals surface area contributed by atoms with Crippen LogP contribution in [0.25, 0.3) is 0 Å². The summed E-state index contributed by atoms with van der Waals surface area (Å²) in [4.78, 5) is 14.8. The number of piperidine rings is 1. The standard InChI is InChI=1S/C15H23N3OS/c1-18-12-2-3-13(18)5-10(4-12)7-17-8-14-6-11(9-20-14)15(16)19/h6,9-10,12-13,17H,2-5,7-8H2,1H3,(H2,16,19). The van der Waals surface area contributed by atoms with E-state index in [2.05, 4.69) is 17.3 Å². The van der Waals surface area contributed by atoms with Crippen LogP contribution >= 0.6 is 11.3 Å². The quantitative estimate of drug-likeness (QED) is 0.870. The van der Waals surface area contributed by atoms with Gasteiger partial charge in [0.2, 0.25) is 5.91 Å². The van der Waals surface area contributed by atoms with Gasteiger partial charge < -0.3 is 16.0 Å². The smallest absolute Gasteiger partial charge is 0.249 e. The zero-order valence-electron chi connectivity index (χ0n) is 12.0. The number of primary amides is 1. The zero-order valence-corrected chi connectivity index (χ0v) is 12.8. The van der Waals surface area contributed by atoms with E-state index in [0.29, 0.717) is 5.56 Å². The molecule has 5 heteroatoms. The lowest BCUT2D eigenvalue weighted by Gasteiger charge is -2.36. The highest BCUT2D eigenvalue weighted by molar-refractivity contribution is 7.10. The maximum absolute atomic E-state index is 11.0. The van der Waals surface area contributed by atoms with Gasteiger partial charge in [-0.1, -0.05) is 0 Å². The molecule has 1 aromatic heterocycles. The number of nitrogens with zero attached hydrogens (tertiary/aromatic N) is 1. The number of hydrogen-bond acceptors (Lipinski definition) is 4. The second kappa shape index (κ2) is 5.84. The largest absolute Gasteiger partial charge is 0.366 e. The second-order valence-corrected chi connectivity index (χ2v) is 7.18. The van der Waals surface area contributed by atoms with Crippen molar-refractivity contribution in [2.75, 3.05) is 13.6 Å². The Morgan fingerprint density at radius 1 is 1.45 bits per heavy atom.